The molecule has 1 N–H and O–H groups in total. The zero-order valence-corrected chi connectivity index (χ0v) is 13.4. The second kappa shape index (κ2) is 7.22. The molecular formula is C14H27N3S. The highest BCUT2D eigenvalue weighted by atomic mass is 32.1. The normalized spacial score (nSPS) is 13.6. The smallest absolute Gasteiger partial charge is 0.0900 e. The highest BCUT2D eigenvalue weighted by molar-refractivity contribution is 7.11. The van der Waals surface area contributed by atoms with Crippen LogP contribution in [0.1, 0.15) is 48.8 Å². The average Bonchev–Trinajstić information content (AvgIpc) is 2.63. The van der Waals surface area contributed by atoms with Crippen LogP contribution in [-0.4, -0.2) is 36.1 Å². The van der Waals surface area contributed by atoms with Gasteiger partial charge in [0.25, 0.3) is 0 Å². The van der Waals surface area contributed by atoms with Crippen molar-refractivity contribution in [2.24, 2.45) is 0 Å². The van der Waals surface area contributed by atoms with E-state index >= 15 is 0 Å². The first kappa shape index (κ1) is 15.6. The van der Waals surface area contributed by atoms with E-state index in [2.05, 4.69) is 56.9 Å². The van der Waals surface area contributed by atoms with Gasteiger partial charge < -0.3 is 10.2 Å². The van der Waals surface area contributed by atoms with Crippen LogP contribution in [0.3, 0.4) is 0 Å². The SMILES string of the molecule is Cc1nc(C(C)NCCCN(C)C(C)C)c(C)s1. The third-order valence-corrected chi connectivity index (χ3v) is 4.27. The number of aromatic nitrogens is 1. The summed E-state index contributed by atoms with van der Waals surface area (Å²) in [5.74, 6) is 0. The standard InChI is InChI=1S/C14H27N3S/c1-10(2)17(6)9-7-8-15-11(3)14-12(4)18-13(5)16-14/h10-11,15H,7-9H2,1-6H3. The van der Waals surface area contributed by atoms with Crippen LogP contribution in [-0.2, 0) is 0 Å². The molecule has 0 aliphatic carbocycles. The van der Waals surface area contributed by atoms with Crippen LogP contribution in [0.15, 0.2) is 0 Å². The van der Waals surface area contributed by atoms with Crippen LogP contribution in [0, 0.1) is 13.8 Å². The van der Waals surface area contributed by atoms with Gasteiger partial charge in [-0.2, -0.15) is 0 Å². The van der Waals surface area contributed by atoms with E-state index < -0.39 is 0 Å². The van der Waals surface area contributed by atoms with E-state index in [-0.39, 0.29) is 0 Å². The summed E-state index contributed by atoms with van der Waals surface area (Å²) in [5.41, 5.74) is 1.22. The lowest BCUT2D eigenvalue weighted by Crippen LogP contribution is -2.30. The Morgan fingerprint density at radius 1 is 1.28 bits per heavy atom. The zero-order valence-electron chi connectivity index (χ0n) is 12.6. The van der Waals surface area contributed by atoms with Crippen LogP contribution in [0.25, 0.3) is 0 Å². The van der Waals surface area contributed by atoms with Crippen molar-refractivity contribution in [1.29, 1.82) is 0 Å². The maximum atomic E-state index is 4.60. The van der Waals surface area contributed by atoms with E-state index in [0.29, 0.717) is 12.1 Å². The molecule has 1 rings (SSSR count). The molecule has 18 heavy (non-hydrogen) atoms. The van der Waals surface area contributed by atoms with Crippen molar-refractivity contribution in [3.8, 4) is 0 Å². The van der Waals surface area contributed by atoms with Gasteiger partial charge in [-0.3, -0.25) is 0 Å². The van der Waals surface area contributed by atoms with Gasteiger partial charge in [0.05, 0.1) is 10.7 Å². The predicted molar refractivity (Wildman–Crippen MR) is 80.4 cm³/mol. The summed E-state index contributed by atoms with van der Waals surface area (Å²) in [7, 11) is 2.18. The van der Waals surface area contributed by atoms with Gasteiger partial charge in [-0.15, -0.1) is 11.3 Å². The molecule has 0 aliphatic heterocycles. The molecule has 0 bridgehead atoms. The van der Waals surface area contributed by atoms with Gasteiger partial charge >= 0.3 is 0 Å². The Kier molecular flexibility index (Phi) is 6.26. The van der Waals surface area contributed by atoms with E-state index in [1.165, 1.54) is 17.0 Å². The zero-order chi connectivity index (χ0) is 13.7. The molecule has 3 nitrogen and oxygen atoms in total. The number of thiazole rings is 1. The molecule has 1 atom stereocenters. The van der Waals surface area contributed by atoms with E-state index in [4.69, 9.17) is 0 Å². The Labute approximate surface area is 116 Å². The molecule has 1 aromatic heterocycles. The molecule has 0 amide bonds. The fourth-order valence-electron chi connectivity index (χ4n) is 1.95. The fraction of sp³-hybridized carbons (Fsp3) is 0.786. The highest BCUT2D eigenvalue weighted by Crippen LogP contribution is 2.22. The third kappa shape index (κ3) is 4.67. The first-order valence-corrected chi connectivity index (χ1v) is 7.61. The molecule has 0 saturated heterocycles. The summed E-state index contributed by atoms with van der Waals surface area (Å²) < 4.78 is 0. The van der Waals surface area contributed by atoms with Gasteiger partial charge in [0.1, 0.15) is 0 Å². The molecule has 0 spiro atoms. The van der Waals surface area contributed by atoms with Crippen molar-refractivity contribution in [2.45, 2.75) is 53.1 Å². The Bertz CT molecular complexity index is 360. The highest BCUT2D eigenvalue weighted by Gasteiger charge is 2.12. The molecule has 1 aromatic rings. The van der Waals surface area contributed by atoms with Crippen LogP contribution in [0.5, 0.6) is 0 Å². The number of rotatable bonds is 7. The van der Waals surface area contributed by atoms with Crippen molar-refractivity contribution in [3.63, 3.8) is 0 Å². The van der Waals surface area contributed by atoms with Crippen LogP contribution in [0.2, 0.25) is 0 Å². The molecule has 0 aliphatic rings. The van der Waals surface area contributed by atoms with Gasteiger partial charge in [0, 0.05) is 17.0 Å². The van der Waals surface area contributed by atoms with Crippen molar-refractivity contribution in [2.75, 3.05) is 20.1 Å². The van der Waals surface area contributed by atoms with E-state index in [1.54, 1.807) is 11.3 Å². The van der Waals surface area contributed by atoms with Crippen molar-refractivity contribution in [1.82, 2.24) is 15.2 Å². The topological polar surface area (TPSA) is 28.2 Å². The summed E-state index contributed by atoms with van der Waals surface area (Å²) >= 11 is 1.79. The maximum absolute atomic E-state index is 4.60. The van der Waals surface area contributed by atoms with Gasteiger partial charge in [0.2, 0.25) is 0 Å². The minimum atomic E-state index is 0.360. The van der Waals surface area contributed by atoms with E-state index in [9.17, 15) is 0 Å². The van der Waals surface area contributed by atoms with E-state index in [0.717, 1.165) is 18.1 Å². The average molecular weight is 269 g/mol. The molecule has 104 valence electrons. The Balaban J connectivity index is 2.29. The Hall–Kier alpha value is -0.450. The molecule has 0 saturated carbocycles. The first-order valence-electron chi connectivity index (χ1n) is 6.79. The second-order valence-electron chi connectivity index (χ2n) is 5.28. The molecule has 0 radical (unpaired) electrons. The summed E-state index contributed by atoms with van der Waals surface area (Å²) in [6, 6.07) is 0.991. The van der Waals surface area contributed by atoms with Gasteiger partial charge in [-0.1, -0.05) is 0 Å². The number of hydrogen-bond acceptors (Lipinski definition) is 4. The summed E-state index contributed by atoms with van der Waals surface area (Å²) in [6.07, 6.45) is 1.18. The van der Waals surface area contributed by atoms with Gasteiger partial charge in [-0.05, 0) is 61.2 Å². The Morgan fingerprint density at radius 3 is 2.44 bits per heavy atom. The van der Waals surface area contributed by atoms with Crippen LogP contribution < -0.4 is 5.32 Å². The largest absolute Gasteiger partial charge is 0.309 e. The monoisotopic (exact) mass is 269 g/mol. The molecule has 1 heterocycles. The maximum Gasteiger partial charge on any atom is 0.0900 e. The molecule has 1 unspecified atom stereocenters. The van der Waals surface area contributed by atoms with Crippen molar-refractivity contribution < 1.29 is 0 Å². The molecule has 4 heteroatoms. The minimum Gasteiger partial charge on any atom is -0.309 e. The minimum absolute atomic E-state index is 0.360. The number of nitrogens with one attached hydrogen (secondary N) is 1. The number of aryl methyl sites for hydroxylation is 2. The lowest BCUT2D eigenvalue weighted by molar-refractivity contribution is 0.268. The molecule has 0 fully saturated rings. The quantitative estimate of drug-likeness (QED) is 0.771. The molecule has 0 aromatic carbocycles. The molecular weight excluding hydrogens is 242 g/mol. The van der Waals surface area contributed by atoms with Crippen LogP contribution in [0.4, 0.5) is 0 Å². The van der Waals surface area contributed by atoms with Crippen molar-refractivity contribution >= 4 is 11.3 Å². The predicted octanol–water partition coefficient (Wildman–Crippen LogP) is 3.14. The van der Waals surface area contributed by atoms with Gasteiger partial charge in [0.15, 0.2) is 0 Å². The van der Waals surface area contributed by atoms with Gasteiger partial charge in [-0.25, -0.2) is 4.98 Å². The third-order valence-electron chi connectivity index (χ3n) is 3.37. The van der Waals surface area contributed by atoms with E-state index in [1.807, 2.05) is 0 Å². The van der Waals surface area contributed by atoms with Crippen LogP contribution >= 0.6 is 11.3 Å². The van der Waals surface area contributed by atoms with Crippen molar-refractivity contribution in [3.05, 3.63) is 15.6 Å². The summed E-state index contributed by atoms with van der Waals surface area (Å²) in [4.78, 5) is 8.32. The lowest BCUT2D eigenvalue weighted by Gasteiger charge is -2.21. The number of hydrogen-bond donors (Lipinski definition) is 1. The Morgan fingerprint density at radius 2 is 1.94 bits per heavy atom. The summed E-state index contributed by atoms with van der Waals surface area (Å²) in [5, 5.41) is 4.73. The second-order valence-corrected chi connectivity index (χ2v) is 6.69. The lowest BCUT2D eigenvalue weighted by atomic mass is 10.2. The number of nitrogens with zero attached hydrogens (tertiary/aromatic N) is 2. The summed E-state index contributed by atoms with van der Waals surface area (Å²) in [6.45, 7) is 13.1. The fourth-order valence-corrected chi connectivity index (χ4v) is 2.86. The first-order chi connectivity index (χ1) is 8.41.